The molecule has 0 bridgehead atoms. The summed E-state index contributed by atoms with van der Waals surface area (Å²) < 4.78 is 6.29. The first-order chi connectivity index (χ1) is 11.5. The molecule has 0 unspecified atom stereocenters. The molecule has 0 saturated carbocycles. The van der Waals surface area contributed by atoms with Crippen LogP contribution in [0.25, 0.3) is 0 Å². The van der Waals surface area contributed by atoms with E-state index in [1.54, 1.807) is 12.3 Å². The molecule has 7 nitrogen and oxygen atoms in total. The van der Waals surface area contributed by atoms with Gasteiger partial charge in [0, 0.05) is 19.6 Å². The Morgan fingerprint density at radius 2 is 2.00 bits per heavy atom. The number of nitrogens with two attached hydrogens (primary N) is 1. The number of carboxylic acid groups (broad SMARTS) is 1. The minimum absolute atomic E-state index is 0.153. The summed E-state index contributed by atoms with van der Waals surface area (Å²) >= 11 is 0. The number of rotatable bonds is 4. The molecule has 1 aliphatic heterocycles. The van der Waals surface area contributed by atoms with Crippen LogP contribution in [0.4, 0.5) is 16.3 Å². The molecule has 0 aliphatic carbocycles. The number of nitrogen functional groups attached to an aromatic ring is 1. The van der Waals surface area contributed by atoms with Gasteiger partial charge < -0.3 is 20.2 Å². The Morgan fingerprint density at radius 1 is 1.32 bits per heavy atom. The van der Waals surface area contributed by atoms with Crippen molar-refractivity contribution in [3.63, 3.8) is 0 Å². The van der Waals surface area contributed by atoms with Crippen LogP contribution < -0.4 is 10.6 Å². The first kappa shape index (κ1) is 19.5. The number of piperazine rings is 1. The Morgan fingerprint density at radius 3 is 2.52 bits per heavy atom. The third kappa shape index (κ3) is 5.09. The van der Waals surface area contributed by atoms with Crippen LogP contribution in [-0.4, -0.2) is 62.1 Å². The molecule has 1 aromatic heterocycles. The second-order valence-corrected chi connectivity index (χ2v) is 11.0. The average Bonchev–Trinajstić information content (AvgIpc) is 2.52. The van der Waals surface area contributed by atoms with Gasteiger partial charge >= 0.3 is 6.09 Å². The highest BCUT2D eigenvalue weighted by atomic mass is 28.2. The molecule has 1 fully saturated rings. The Balaban J connectivity index is 2.20. The first-order valence-electron chi connectivity index (χ1n) is 8.59. The zero-order valence-electron chi connectivity index (χ0n) is 15.8. The summed E-state index contributed by atoms with van der Waals surface area (Å²) in [6.07, 6.45) is 0.842. The first-order valence-corrected chi connectivity index (χ1v) is 9.88. The number of hydrogen-bond donors (Lipinski definition) is 2. The van der Waals surface area contributed by atoms with E-state index in [1.807, 2.05) is 19.9 Å². The molecule has 140 valence electrons. The molecule has 2 rings (SSSR count). The van der Waals surface area contributed by atoms with Crippen LogP contribution in [0.3, 0.4) is 0 Å². The number of anilines is 2. The van der Waals surface area contributed by atoms with Crippen LogP contribution in [-0.2, 0) is 4.43 Å². The number of pyridine rings is 1. The molecule has 3 N–H and O–H groups in total. The maximum absolute atomic E-state index is 11.7. The van der Waals surface area contributed by atoms with E-state index in [1.165, 1.54) is 4.90 Å². The number of carbonyl (C=O) groups is 1. The van der Waals surface area contributed by atoms with E-state index >= 15 is 0 Å². The number of nitrogens with zero attached hydrogens (tertiary/aromatic N) is 3. The van der Waals surface area contributed by atoms with Gasteiger partial charge in [-0.3, -0.25) is 4.90 Å². The Labute approximate surface area is 152 Å². The third-order valence-corrected chi connectivity index (χ3v) is 6.20. The lowest BCUT2D eigenvalue weighted by atomic mass is 9.95. The molecule has 0 aromatic carbocycles. The van der Waals surface area contributed by atoms with Gasteiger partial charge in [-0.25, -0.2) is 9.78 Å². The van der Waals surface area contributed by atoms with Crippen LogP contribution in [0.1, 0.15) is 34.6 Å². The van der Waals surface area contributed by atoms with Gasteiger partial charge in [-0.15, -0.1) is 0 Å². The summed E-state index contributed by atoms with van der Waals surface area (Å²) in [6.45, 7) is 12.1. The maximum Gasteiger partial charge on any atom is 0.407 e. The molecular formula is C17H30N4O3Si. The second-order valence-electron chi connectivity index (χ2n) is 8.33. The standard InChI is InChI=1S/C17H30N4O3Si/c1-16(2,3)25-24-17(4,5)13-11-20(8-9-21(13)15(22)23)12-6-7-14(18)19-10-12/h6-7,10,13H,8-9,11,25H2,1-5H3,(H2,18,19)(H,22,23)/t13-/m1/s1. The van der Waals surface area contributed by atoms with Crippen LogP contribution in [0.5, 0.6) is 0 Å². The Hall–Kier alpha value is -1.80. The molecule has 1 aromatic rings. The van der Waals surface area contributed by atoms with E-state index < -0.39 is 21.5 Å². The Bertz CT molecular complexity index is 601. The lowest BCUT2D eigenvalue weighted by Crippen LogP contribution is -2.63. The van der Waals surface area contributed by atoms with Gasteiger partial charge in [-0.2, -0.15) is 0 Å². The molecule has 1 saturated heterocycles. The van der Waals surface area contributed by atoms with E-state index in [0.717, 1.165) is 5.69 Å². The normalized spacial score (nSPS) is 19.6. The largest absolute Gasteiger partial charge is 0.465 e. The third-order valence-electron chi connectivity index (χ3n) is 4.44. The molecule has 1 amide bonds. The summed E-state index contributed by atoms with van der Waals surface area (Å²) in [6, 6.07) is 3.45. The van der Waals surface area contributed by atoms with Crippen LogP contribution >= 0.6 is 0 Å². The van der Waals surface area contributed by atoms with Crippen molar-refractivity contribution in [1.29, 1.82) is 0 Å². The van der Waals surface area contributed by atoms with E-state index in [9.17, 15) is 9.90 Å². The highest BCUT2D eigenvalue weighted by Crippen LogP contribution is 2.30. The molecule has 1 aliphatic rings. The molecular weight excluding hydrogens is 336 g/mol. The number of hydrogen-bond acceptors (Lipinski definition) is 5. The molecule has 1 atom stereocenters. The SMILES string of the molecule is CC(C)(C)[SiH2]OC(C)(C)[C@H]1CN(c2ccc(N)nc2)CCN1C(=O)O. The topological polar surface area (TPSA) is 91.9 Å². The maximum atomic E-state index is 11.7. The van der Waals surface area contributed by atoms with E-state index in [2.05, 4.69) is 30.7 Å². The van der Waals surface area contributed by atoms with Crippen molar-refractivity contribution < 1.29 is 14.3 Å². The van der Waals surface area contributed by atoms with E-state index in [-0.39, 0.29) is 11.1 Å². The van der Waals surface area contributed by atoms with Crippen molar-refractivity contribution in [2.45, 2.75) is 51.3 Å². The van der Waals surface area contributed by atoms with Gasteiger partial charge in [-0.05, 0) is 31.0 Å². The average molecular weight is 367 g/mol. The van der Waals surface area contributed by atoms with E-state index in [4.69, 9.17) is 10.2 Å². The zero-order chi connectivity index (χ0) is 18.8. The fraction of sp³-hybridized carbons (Fsp3) is 0.647. The van der Waals surface area contributed by atoms with Crippen molar-refractivity contribution in [2.75, 3.05) is 30.3 Å². The van der Waals surface area contributed by atoms with Gasteiger partial charge in [0.25, 0.3) is 0 Å². The molecule has 2 heterocycles. The van der Waals surface area contributed by atoms with Crippen molar-refractivity contribution in [1.82, 2.24) is 9.88 Å². The highest BCUT2D eigenvalue weighted by Gasteiger charge is 2.41. The number of aromatic nitrogens is 1. The fourth-order valence-corrected chi connectivity index (χ4v) is 3.92. The zero-order valence-corrected chi connectivity index (χ0v) is 17.2. The molecule has 25 heavy (non-hydrogen) atoms. The molecule has 0 spiro atoms. The summed E-state index contributed by atoms with van der Waals surface area (Å²) in [5.74, 6) is 0.476. The minimum atomic E-state index is -0.894. The monoisotopic (exact) mass is 366 g/mol. The van der Waals surface area contributed by atoms with Gasteiger partial charge in [0.1, 0.15) is 5.82 Å². The second kappa shape index (κ2) is 7.21. The summed E-state index contributed by atoms with van der Waals surface area (Å²) in [5, 5.41) is 9.78. The van der Waals surface area contributed by atoms with Crippen LogP contribution in [0, 0.1) is 0 Å². The van der Waals surface area contributed by atoms with Crippen LogP contribution in [0.15, 0.2) is 18.3 Å². The lowest BCUT2D eigenvalue weighted by Gasteiger charge is -2.48. The smallest absolute Gasteiger partial charge is 0.407 e. The van der Waals surface area contributed by atoms with Crippen molar-refractivity contribution in [2.24, 2.45) is 0 Å². The predicted octanol–water partition coefficient (Wildman–Crippen LogP) is 1.93. The van der Waals surface area contributed by atoms with Crippen molar-refractivity contribution in [3.05, 3.63) is 18.3 Å². The fourth-order valence-electron chi connectivity index (χ4n) is 2.92. The van der Waals surface area contributed by atoms with Crippen LogP contribution in [0.2, 0.25) is 5.04 Å². The summed E-state index contributed by atoms with van der Waals surface area (Å²) in [5.41, 5.74) is 6.07. The minimum Gasteiger partial charge on any atom is -0.465 e. The quantitative estimate of drug-likeness (QED) is 0.791. The van der Waals surface area contributed by atoms with Gasteiger partial charge in [0.05, 0.1) is 23.5 Å². The highest BCUT2D eigenvalue weighted by molar-refractivity contribution is 6.31. The lowest BCUT2D eigenvalue weighted by molar-refractivity contribution is 0.000808. The van der Waals surface area contributed by atoms with Crippen molar-refractivity contribution in [3.8, 4) is 0 Å². The summed E-state index contributed by atoms with van der Waals surface area (Å²) in [7, 11) is -0.799. The van der Waals surface area contributed by atoms with Gasteiger partial charge in [0.2, 0.25) is 0 Å². The number of amides is 1. The predicted molar refractivity (Wildman–Crippen MR) is 103 cm³/mol. The van der Waals surface area contributed by atoms with Gasteiger partial charge in [0.15, 0.2) is 9.76 Å². The van der Waals surface area contributed by atoms with E-state index in [0.29, 0.717) is 25.5 Å². The van der Waals surface area contributed by atoms with Gasteiger partial charge in [-0.1, -0.05) is 20.8 Å². The summed E-state index contributed by atoms with van der Waals surface area (Å²) in [4.78, 5) is 19.5. The molecule has 8 heteroatoms. The van der Waals surface area contributed by atoms with Crippen molar-refractivity contribution >= 4 is 27.4 Å². The Kier molecular flexibility index (Phi) is 5.63. The molecule has 0 radical (unpaired) electrons.